The van der Waals surface area contributed by atoms with Crippen molar-refractivity contribution in [3.8, 4) is 0 Å². The fourth-order valence-corrected chi connectivity index (χ4v) is 4.81. The summed E-state index contributed by atoms with van der Waals surface area (Å²) in [5.41, 5.74) is 12.9. The first kappa shape index (κ1) is 22.0. The number of hydrogen-bond donors (Lipinski definition) is 4. The van der Waals surface area contributed by atoms with E-state index in [1.807, 2.05) is 30.3 Å². The predicted octanol–water partition coefficient (Wildman–Crippen LogP) is 1.16. The summed E-state index contributed by atoms with van der Waals surface area (Å²) in [5, 5.41) is 8.71. The van der Waals surface area contributed by atoms with Crippen LogP contribution in [0.2, 0.25) is 0 Å². The molecular weight excluding hydrogens is 398 g/mol. The van der Waals surface area contributed by atoms with Gasteiger partial charge < -0.3 is 20.3 Å². The van der Waals surface area contributed by atoms with E-state index in [1.165, 1.54) is 0 Å². The number of carboxylic acids is 1. The molecule has 0 saturated carbocycles. The van der Waals surface area contributed by atoms with E-state index in [9.17, 15) is 9.59 Å². The van der Waals surface area contributed by atoms with Crippen molar-refractivity contribution in [3.63, 3.8) is 0 Å². The molecule has 5 N–H and O–H groups in total. The number of unbranched alkanes of at least 4 members (excludes halogenated alkanes) is 1. The van der Waals surface area contributed by atoms with Crippen LogP contribution in [0.4, 0.5) is 0 Å². The maximum atomic E-state index is 12.3. The van der Waals surface area contributed by atoms with Crippen molar-refractivity contribution >= 4 is 11.9 Å². The molecule has 31 heavy (non-hydrogen) atoms. The monoisotopic (exact) mass is 429 g/mol. The maximum Gasteiger partial charge on any atom is 0.303 e. The van der Waals surface area contributed by atoms with Crippen LogP contribution in [-0.2, 0) is 25.5 Å². The van der Waals surface area contributed by atoms with E-state index in [0.717, 1.165) is 18.4 Å². The summed E-state index contributed by atoms with van der Waals surface area (Å²) in [6.07, 6.45) is 7.66. The van der Waals surface area contributed by atoms with Crippen LogP contribution in [0.25, 0.3) is 0 Å². The Hall–Kier alpha value is -2.26. The van der Waals surface area contributed by atoms with Crippen LogP contribution in [0.1, 0.15) is 31.2 Å². The number of ether oxygens (including phenoxy) is 2. The summed E-state index contributed by atoms with van der Waals surface area (Å²) in [7, 11) is 0. The Balaban J connectivity index is 1.22. The lowest BCUT2D eigenvalue weighted by Crippen LogP contribution is -2.51. The van der Waals surface area contributed by atoms with Crippen molar-refractivity contribution in [1.29, 1.82) is 0 Å². The van der Waals surface area contributed by atoms with E-state index >= 15 is 0 Å². The van der Waals surface area contributed by atoms with Gasteiger partial charge in [0, 0.05) is 18.9 Å². The molecular formula is C23H31N3O5. The van der Waals surface area contributed by atoms with Gasteiger partial charge in [-0.05, 0) is 37.2 Å². The number of nitrogens with one attached hydrogen (secondary N) is 2. The molecule has 8 heteroatoms. The molecule has 4 rings (SSSR count). The van der Waals surface area contributed by atoms with Crippen LogP contribution in [0.15, 0.2) is 42.5 Å². The molecule has 8 nitrogen and oxygen atoms in total. The predicted molar refractivity (Wildman–Crippen MR) is 114 cm³/mol. The van der Waals surface area contributed by atoms with Gasteiger partial charge in [0.05, 0.1) is 18.2 Å². The average Bonchev–Trinajstić information content (AvgIpc) is 3.38. The highest BCUT2D eigenvalue weighted by Gasteiger charge is 2.68. The number of aliphatic carboxylic acids is 1. The second-order valence-corrected chi connectivity index (χ2v) is 8.62. The molecule has 0 spiro atoms. The second kappa shape index (κ2) is 9.91. The van der Waals surface area contributed by atoms with Gasteiger partial charge in [-0.15, -0.1) is 0 Å². The van der Waals surface area contributed by atoms with Gasteiger partial charge in [0.1, 0.15) is 12.2 Å². The number of rotatable bonds is 12. The number of benzene rings is 1. The van der Waals surface area contributed by atoms with E-state index in [1.54, 1.807) is 0 Å². The van der Waals surface area contributed by atoms with Crippen LogP contribution in [-0.4, -0.2) is 54.0 Å². The lowest BCUT2D eigenvalue weighted by Gasteiger charge is -2.25. The molecule has 2 bridgehead atoms. The van der Waals surface area contributed by atoms with E-state index < -0.39 is 12.0 Å². The number of carbonyl (C=O) groups excluding carboxylic acids is 1. The Morgan fingerprint density at radius 2 is 1.77 bits per heavy atom. The molecule has 0 aliphatic carbocycles. The van der Waals surface area contributed by atoms with Crippen molar-refractivity contribution in [1.82, 2.24) is 10.9 Å². The summed E-state index contributed by atoms with van der Waals surface area (Å²) < 4.78 is 11.9. The average molecular weight is 430 g/mol. The molecule has 168 valence electrons. The summed E-state index contributed by atoms with van der Waals surface area (Å²) >= 11 is 0. The third kappa shape index (κ3) is 5.33. The van der Waals surface area contributed by atoms with Gasteiger partial charge in [0.15, 0.2) is 0 Å². The standard InChI is InChI=1S/C23H31N3O5/c24-17(12-14-8-4-3-5-9-14)23(29)26-25-13-16-15(10-6-1-2-7-11-18(27)28)19-21-22(31-21)20(16)30-19/h1,3-6,8-9,15-17,19-22,25H,2,7,10-13,24H2,(H,26,29)(H,27,28)/t15-,16+,17-,19+,20-,21-,22+/m0/s1. The summed E-state index contributed by atoms with van der Waals surface area (Å²) in [6.45, 7) is 0.592. The second-order valence-electron chi connectivity index (χ2n) is 8.62. The number of fused-ring (bicyclic) bond motifs is 5. The van der Waals surface area contributed by atoms with Crippen LogP contribution in [0, 0.1) is 11.8 Å². The fraction of sp³-hybridized carbons (Fsp3) is 0.565. The third-order valence-electron chi connectivity index (χ3n) is 6.44. The van der Waals surface area contributed by atoms with Crippen molar-refractivity contribution in [2.45, 2.75) is 62.6 Å². The molecule has 3 aliphatic heterocycles. The molecule has 1 aromatic rings. The SMILES string of the molecule is N[C@@H](Cc1ccccc1)C(=O)NNC[C@@H]1[C@H](CC=CCCCC(=O)O)[C@H]2O[C@@H]1[C@H]1O[C@H]12. The van der Waals surface area contributed by atoms with Crippen molar-refractivity contribution in [2.24, 2.45) is 17.6 Å². The van der Waals surface area contributed by atoms with Gasteiger partial charge in [0.2, 0.25) is 0 Å². The number of carbonyl (C=O) groups is 2. The minimum Gasteiger partial charge on any atom is -0.481 e. The molecule has 0 radical (unpaired) electrons. The zero-order chi connectivity index (χ0) is 21.8. The van der Waals surface area contributed by atoms with E-state index in [0.29, 0.717) is 25.3 Å². The minimum atomic E-state index is -0.761. The molecule has 3 heterocycles. The molecule has 1 aromatic carbocycles. The van der Waals surface area contributed by atoms with Crippen LogP contribution < -0.4 is 16.6 Å². The summed E-state index contributed by atoms with van der Waals surface area (Å²) in [5.74, 6) is -0.443. The Morgan fingerprint density at radius 3 is 2.52 bits per heavy atom. The van der Waals surface area contributed by atoms with Crippen molar-refractivity contribution < 1.29 is 24.2 Å². The zero-order valence-electron chi connectivity index (χ0n) is 17.5. The van der Waals surface area contributed by atoms with Crippen LogP contribution >= 0.6 is 0 Å². The van der Waals surface area contributed by atoms with E-state index in [4.69, 9.17) is 20.3 Å². The fourth-order valence-electron chi connectivity index (χ4n) is 4.81. The Kier molecular flexibility index (Phi) is 7.02. The topological polar surface area (TPSA) is 126 Å². The molecule has 0 aromatic heterocycles. The Labute approximate surface area is 182 Å². The Bertz CT molecular complexity index is 802. The Morgan fingerprint density at radius 1 is 1.06 bits per heavy atom. The van der Waals surface area contributed by atoms with Gasteiger partial charge in [-0.3, -0.25) is 15.0 Å². The lowest BCUT2D eigenvalue weighted by atomic mass is 9.77. The first-order valence-electron chi connectivity index (χ1n) is 11.0. The highest BCUT2D eigenvalue weighted by atomic mass is 16.7. The smallest absolute Gasteiger partial charge is 0.303 e. The summed E-state index contributed by atoms with van der Waals surface area (Å²) in [4.78, 5) is 22.9. The largest absolute Gasteiger partial charge is 0.481 e. The normalized spacial score (nSPS) is 31.5. The van der Waals surface area contributed by atoms with Gasteiger partial charge in [-0.1, -0.05) is 42.5 Å². The first-order chi connectivity index (χ1) is 15.0. The molecule has 7 atom stereocenters. The molecule has 3 fully saturated rings. The number of amides is 1. The van der Waals surface area contributed by atoms with E-state index in [2.05, 4.69) is 23.0 Å². The molecule has 3 saturated heterocycles. The number of allylic oxidation sites excluding steroid dienone is 2. The maximum absolute atomic E-state index is 12.3. The van der Waals surface area contributed by atoms with Gasteiger partial charge in [0.25, 0.3) is 5.91 Å². The van der Waals surface area contributed by atoms with Crippen LogP contribution in [0.5, 0.6) is 0 Å². The van der Waals surface area contributed by atoms with Gasteiger partial charge in [-0.2, -0.15) is 0 Å². The number of nitrogens with two attached hydrogens (primary N) is 1. The number of hydrogen-bond acceptors (Lipinski definition) is 6. The van der Waals surface area contributed by atoms with Crippen molar-refractivity contribution in [2.75, 3.05) is 6.54 Å². The summed E-state index contributed by atoms with van der Waals surface area (Å²) in [6, 6.07) is 9.09. The quantitative estimate of drug-likeness (QED) is 0.170. The minimum absolute atomic E-state index is 0.0582. The highest BCUT2D eigenvalue weighted by Crippen LogP contribution is 2.54. The van der Waals surface area contributed by atoms with Gasteiger partial charge in [-0.25, -0.2) is 5.43 Å². The third-order valence-corrected chi connectivity index (χ3v) is 6.44. The molecule has 0 unspecified atom stereocenters. The first-order valence-corrected chi connectivity index (χ1v) is 11.0. The molecule has 1 amide bonds. The number of hydrazine groups is 1. The lowest BCUT2D eigenvalue weighted by molar-refractivity contribution is -0.137. The van der Waals surface area contributed by atoms with Gasteiger partial charge >= 0.3 is 5.97 Å². The van der Waals surface area contributed by atoms with Crippen LogP contribution in [0.3, 0.4) is 0 Å². The molecule has 3 aliphatic rings. The zero-order valence-corrected chi connectivity index (χ0v) is 17.5. The number of carboxylic acid groups (broad SMARTS) is 1. The highest BCUT2D eigenvalue weighted by molar-refractivity contribution is 5.81. The van der Waals surface area contributed by atoms with E-state index in [-0.39, 0.29) is 42.7 Å². The number of epoxide rings is 1. The van der Waals surface area contributed by atoms with Crippen molar-refractivity contribution in [3.05, 3.63) is 48.0 Å².